The van der Waals surface area contributed by atoms with Gasteiger partial charge in [0.15, 0.2) is 0 Å². The van der Waals surface area contributed by atoms with Crippen molar-refractivity contribution in [2.45, 2.75) is 6.92 Å². The third-order valence-electron chi connectivity index (χ3n) is 1.78. The number of amides is 1. The van der Waals surface area contributed by atoms with E-state index in [0.717, 1.165) is 10.0 Å². The lowest BCUT2D eigenvalue weighted by Crippen LogP contribution is -2.20. The standard InChI is InChI=1S/C11H12BrNO4/c1-7-2-8(12)4-9(3-7)13-10(14)5-17-6-11(15)16/h2-4H,5-6H2,1H3,(H,13,14)(H,15,16). The van der Waals surface area contributed by atoms with Gasteiger partial charge in [0.25, 0.3) is 0 Å². The van der Waals surface area contributed by atoms with Gasteiger partial charge in [-0.2, -0.15) is 0 Å². The van der Waals surface area contributed by atoms with Crippen molar-refractivity contribution < 1.29 is 19.4 Å². The molecule has 2 N–H and O–H groups in total. The zero-order valence-electron chi connectivity index (χ0n) is 9.20. The number of ether oxygens (including phenoxy) is 1. The minimum absolute atomic E-state index is 0.280. The molecule has 0 bridgehead atoms. The molecular weight excluding hydrogens is 290 g/mol. The molecule has 0 saturated carbocycles. The highest BCUT2D eigenvalue weighted by Crippen LogP contribution is 2.18. The van der Waals surface area contributed by atoms with E-state index in [-0.39, 0.29) is 12.5 Å². The quantitative estimate of drug-likeness (QED) is 0.869. The number of halogens is 1. The predicted octanol–water partition coefficient (Wildman–Crippen LogP) is 1.80. The molecule has 0 aliphatic heterocycles. The van der Waals surface area contributed by atoms with Crippen LogP contribution >= 0.6 is 15.9 Å². The fourth-order valence-corrected chi connectivity index (χ4v) is 1.84. The van der Waals surface area contributed by atoms with E-state index in [4.69, 9.17) is 5.11 Å². The lowest BCUT2D eigenvalue weighted by atomic mass is 10.2. The third kappa shape index (κ3) is 5.46. The van der Waals surface area contributed by atoms with E-state index < -0.39 is 12.6 Å². The van der Waals surface area contributed by atoms with Crippen LogP contribution in [0.4, 0.5) is 5.69 Å². The average Bonchev–Trinajstić information content (AvgIpc) is 2.14. The second-order valence-corrected chi connectivity index (χ2v) is 4.37. The highest BCUT2D eigenvalue weighted by Gasteiger charge is 2.05. The molecule has 0 unspecified atom stereocenters. The number of aliphatic carboxylic acids is 1. The summed E-state index contributed by atoms with van der Waals surface area (Å²) < 4.78 is 5.53. The van der Waals surface area contributed by atoms with Gasteiger partial charge in [-0.15, -0.1) is 0 Å². The van der Waals surface area contributed by atoms with Gasteiger partial charge in [-0.1, -0.05) is 15.9 Å². The first-order chi connectivity index (χ1) is 7.97. The molecule has 5 nitrogen and oxygen atoms in total. The number of aryl methyl sites for hydroxylation is 1. The molecular formula is C11H12BrNO4. The first kappa shape index (κ1) is 13.7. The lowest BCUT2D eigenvalue weighted by molar-refractivity contribution is -0.143. The Bertz CT molecular complexity index is 413. The Morgan fingerprint density at radius 2 is 2.06 bits per heavy atom. The summed E-state index contributed by atoms with van der Waals surface area (Å²) in [5, 5.41) is 10.9. The summed E-state index contributed by atoms with van der Waals surface area (Å²) >= 11 is 3.31. The van der Waals surface area contributed by atoms with Crippen molar-refractivity contribution in [3.63, 3.8) is 0 Å². The normalized spacial score (nSPS) is 10.0. The van der Waals surface area contributed by atoms with Crippen molar-refractivity contribution in [3.05, 3.63) is 28.2 Å². The molecule has 92 valence electrons. The first-order valence-electron chi connectivity index (χ1n) is 4.84. The van der Waals surface area contributed by atoms with Gasteiger partial charge in [-0.25, -0.2) is 4.79 Å². The van der Waals surface area contributed by atoms with E-state index in [0.29, 0.717) is 5.69 Å². The van der Waals surface area contributed by atoms with E-state index in [2.05, 4.69) is 26.0 Å². The minimum Gasteiger partial charge on any atom is -0.480 e. The number of rotatable bonds is 5. The van der Waals surface area contributed by atoms with E-state index in [1.807, 2.05) is 13.0 Å². The number of anilines is 1. The topological polar surface area (TPSA) is 75.6 Å². The summed E-state index contributed by atoms with van der Waals surface area (Å²) in [6.07, 6.45) is 0. The summed E-state index contributed by atoms with van der Waals surface area (Å²) in [5.41, 5.74) is 1.64. The summed E-state index contributed by atoms with van der Waals surface area (Å²) in [5.74, 6) is -1.49. The average molecular weight is 302 g/mol. The van der Waals surface area contributed by atoms with Crippen molar-refractivity contribution in [2.75, 3.05) is 18.5 Å². The number of carbonyl (C=O) groups is 2. The fraction of sp³-hybridized carbons (Fsp3) is 0.273. The fourth-order valence-electron chi connectivity index (χ4n) is 1.24. The van der Waals surface area contributed by atoms with Crippen LogP contribution in [0.2, 0.25) is 0 Å². The monoisotopic (exact) mass is 301 g/mol. The Hall–Kier alpha value is -1.40. The minimum atomic E-state index is -1.10. The number of carboxylic acids is 1. The Morgan fingerprint density at radius 1 is 1.35 bits per heavy atom. The number of hydrogen-bond donors (Lipinski definition) is 2. The molecule has 1 aromatic rings. The largest absolute Gasteiger partial charge is 0.480 e. The van der Waals surface area contributed by atoms with E-state index in [1.165, 1.54) is 0 Å². The van der Waals surface area contributed by atoms with Crippen molar-refractivity contribution in [1.82, 2.24) is 0 Å². The van der Waals surface area contributed by atoms with Gasteiger partial charge in [0.1, 0.15) is 13.2 Å². The van der Waals surface area contributed by atoms with Crippen LogP contribution in [0.3, 0.4) is 0 Å². The van der Waals surface area contributed by atoms with Crippen molar-refractivity contribution in [1.29, 1.82) is 0 Å². The molecule has 0 atom stereocenters. The van der Waals surface area contributed by atoms with Crippen LogP contribution in [0.1, 0.15) is 5.56 Å². The molecule has 0 spiro atoms. The van der Waals surface area contributed by atoms with Gasteiger partial charge in [0.05, 0.1) is 0 Å². The zero-order chi connectivity index (χ0) is 12.8. The van der Waals surface area contributed by atoms with E-state index in [9.17, 15) is 9.59 Å². The molecule has 1 aromatic carbocycles. The molecule has 1 amide bonds. The third-order valence-corrected chi connectivity index (χ3v) is 2.24. The second kappa shape index (κ2) is 6.36. The van der Waals surface area contributed by atoms with Crippen LogP contribution in [0.5, 0.6) is 0 Å². The predicted molar refractivity (Wildman–Crippen MR) is 66.0 cm³/mol. The van der Waals surface area contributed by atoms with E-state index >= 15 is 0 Å². The Balaban J connectivity index is 2.47. The van der Waals surface area contributed by atoms with Crippen molar-refractivity contribution >= 4 is 33.5 Å². The maximum Gasteiger partial charge on any atom is 0.329 e. The molecule has 0 radical (unpaired) electrons. The van der Waals surface area contributed by atoms with Crippen molar-refractivity contribution in [2.24, 2.45) is 0 Å². The van der Waals surface area contributed by atoms with Gasteiger partial charge < -0.3 is 15.2 Å². The summed E-state index contributed by atoms with van der Waals surface area (Å²) in [6.45, 7) is 1.14. The van der Waals surface area contributed by atoms with Gasteiger partial charge in [0.2, 0.25) is 5.91 Å². The van der Waals surface area contributed by atoms with Gasteiger partial charge in [0, 0.05) is 10.2 Å². The van der Waals surface area contributed by atoms with Crippen molar-refractivity contribution in [3.8, 4) is 0 Å². The Morgan fingerprint density at radius 3 is 2.65 bits per heavy atom. The number of hydrogen-bond acceptors (Lipinski definition) is 3. The number of carbonyl (C=O) groups excluding carboxylic acids is 1. The lowest BCUT2D eigenvalue weighted by Gasteiger charge is -2.06. The molecule has 0 fully saturated rings. The smallest absolute Gasteiger partial charge is 0.329 e. The summed E-state index contributed by atoms with van der Waals surface area (Å²) in [4.78, 5) is 21.5. The molecule has 0 aliphatic carbocycles. The molecule has 0 aliphatic rings. The number of benzene rings is 1. The summed E-state index contributed by atoms with van der Waals surface area (Å²) in [7, 11) is 0. The highest BCUT2D eigenvalue weighted by molar-refractivity contribution is 9.10. The maximum atomic E-state index is 11.4. The number of nitrogens with one attached hydrogen (secondary N) is 1. The molecule has 0 heterocycles. The van der Waals surface area contributed by atoms with Crippen LogP contribution in [-0.4, -0.2) is 30.2 Å². The van der Waals surface area contributed by atoms with Crippen LogP contribution in [0.25, 0.3) is 0 Å². The Kier molecular flexibility index (Phi) is 5.11. The zero-order valence-corrected chi connectivity index (χ0v) is 10.8. The van der Waals surface area contributed by atoms with Gasteiger partial charge in [-0.3, -0.25) is 4.79 Å². The maximum absolute atomic E-state index is 11.4. The second-order valence-electron chi connectivity index (χ2n) is 3.45. The van der Waals surface area contributed by atoms with Gasteiger partial charge in [-0.05, 0) is 30.7 Å². The summed E-state index contributed by atoms with van der Waals surface area (Å²) in [6, 6.07) is 5.47. The molecule has 17 heavy (non-hydrogen) atoms. The highest BCUT2D eigenvalue weighted by atomic mass is 79.9. The molecule has 1 rings (SSSR count). The van der Waals surface area contributed by atoms with E-state index in [1.54, 1.807) is 12.1 Å². The molecule has 0 saturated heterocycles. The number of carboxylic acid groups (broad SMARTS) is 1. The van der Waals surface area contributed by atoms with Crippen LogP contribution < -0.4 is 5.32 Å². The first-order valence-corrected chi connectivity index (χ1v) is 5.63. The Labute approximate surface area is 107 Å². The van der Waals surface area contributed by atoms with Crippen LogP contribution in [-0.2, 0) is 14.3 Å². The van der Waals surface area contributed by atoms with Crippen LogP contribution in [0.15, 0.2) is 22.7 Å². The molecule has 6 heteroatoms. The van der Waals surface area contributed by atoms with Crippen LogP contribution in [0, 0.1) is 6.92 Å². The van der Waals surface area contributed by atoms with Gasteiger partial charge >= 0.3 is 5.97 Å². The molecule has 0 aromatic heterocycles. The SMILES string of the molecule is Cc1cc(Br)cc(NC(=O)COCC(=O)O)c1.